The van der Waals surface area contributed by atoms with E-state index in [1.54, 1.807) is 0 Å². The molecule has 0 aliphatic carbocycles. The van der Waals surface area contributed by atoms with E-state index in [0.29, 0.717) is 6.54 Å². The maximum atomic E-state index is 10.6. The molecule has 3 aromatic rings. The Kier molecular flexibility index (Phi) is 4.29. The summed E-state index contributed by atoms with van der Waals surface area (Å²) in [6.07, 6.45) is 2.19. The van der Waals surface area contributed by atoms with Gasteiger partial charge in [-0.25, -0.2) is 4.31 Å². The first-order valence-electron chi connectivity index (χ1n) is 8.35. The van der Waals surface area contributed by atoms with Crippen LogP contribution in [-0.4, -0.2) is 38.9 Å². The molecule has 2 heterocycles. The molecule has 1 atom stereocenters. The summed E-state index contributed by atoms with van der Waals surface area (Å²) in [5.74, 6) is 1.18. The SMILES string of the molecule is O[C@H](CN1CCCCS1)Cn1c2ccccc2c2ccccc21. The number of benzene rings is 2. The lowest BCUT2D eigenvalue weighted by atomic mass is 10.2. The zero-order valence-corrected chi connectivity index (χ0v) is 14.0. The Hall–Kier alpha value is -1.49. The topological polar surface area (TPSA) is 28.4 Å². The molecule has 3 nitrogen and oxygen atoms in total. The van der Waals surface area contributed by atoms with Gasteiger partial charge in [0, 0.05) is 40.6 Å². The van der Waals surface area contributed by atoms with Gasteiger partial charge in [0.1, 0.15) is 0 Å². The van der Waals surface area contributed by atoms with Crippen LogP contribution in [0.15, 0.2) is 48.5 Å². The summed E-state index contributed by atoms with van der Waals surface area (Å²) >= 11 is 1.88. The molecule has 1 fully saturated rings. The molecule has 0 amide bonds. The van der Waals surface area contributed by atoms with Crippen molar-refractivity contribution in [2.45, 2.75) is 25.5 Å². The number of hydrogen-bond acceptors (Lipinski definition) is 3. The standard InChI is InChI=1S/C19H22N2OS/c22-15(13-20-11-5-6-12-23-20)14-21-18-9-3-1-7-16(18)17-8-2-4-10-19(17)21/h1-4,7-10,15,22H,5-6,11-14H2/t15-/m1/s1. The zero-order chi connectivity index (χ0) is 15.6. The molecule has 1 aromatic heterocycles. The van der Waals surface area contributed by atoms with Crippen LogP contribution in [0.5, 0.6) is 0 Å². The van der Waals surface area contributed by atoms with E-state index in [2.05, 4.69) is 57.4 Å². The Bertz CT molecular complexity index is 754. The monoisotopic (exact) mass is 326 g/mol. The van der Waals surface area contributed by atoms with E-state index in [9.17, 15) is 5.11 Å². The second-order valence-electron chi connectivity index (χ2n) is 6.23. The largest absolute Gasteiger partial charge is 0.390 e. The minimum Gasteiger partial charge on any atom is -0.390 e. The van der Waals surface area contributed by atoms with Gasteiger partial charge in [-0.1, -0.05) is 48.3 Å². The minimum atomic E-state index is -0.347. The summed E-state index contributed by atoms with van der Waals surface area (Å²) < 4.78 is 4.59. The van der Waals surface area contributed by atoms with E-state index in [4.69, 9.17) is 0 Å². The fourth-order valence-electron chi connectivity index (χ4n) is 3.50. The van der Waals surface area contributed by atoms with Crippen molar-refractivity contribution in [2.75, 3.05) is 18.8 Å². The van der Waals surface area contributed by atoms with Crippen LogP contribution in [0.25, 0.3) is 21.8 Å². The van der Waals surface area contributed by atoms with Crippen molar-refractivity contribution in [1.29, 1.82) is 0 Å². The van der Waals surface area contributed by atoms with Crippen molar-refractivity contribution in [3.8, 4) is 0 Å². The maximum absolute atomic E-state index is 10.6. The van der Waals surface area contributed by atoms with E-state index in [-0.39, 0.29) is 6.10 Å². The highest BCUT2D eigenvalue weighted by atomic mass is 32.2. The first-order valence-corrected chi connectivity index (χ1v) is 9.29. The molecule has 0 spiro atoms. The Morgan fingerprint density at radius 3 is 2.17 bits per heavy atom. The van der Waals surface area contributed by atoms with Gasteiger partial charge >= 0.3 is 0 Å². The van der Waals surface area contributed by atoms with Crippen LogP contribution in [0.1, 0.15) is 12.8 Å². The molecule has 2 aromatic carbocycles. The van der Waals surface area contributed by atoms with Gasteiger partial charge in [-0.3, -0.25) is 0 Å². The van der Waals surface area contributed by atoms with Gasteiger partial charge in [-0.05, 0) is 25.0 Å². The van der Waals surface area contributed by atoms with Crippen LogP contribution in [0.4, 0.5) is 0 Å². The molecule has 0 bridgehead atoms. The van der Waals surface area contributed by atoms with E-state index in [0.717, 1.165) is 13.1 Å². The van der Waals surface area contributed by atoms with Crippen molar-refractivity contribution >= 4 is 33.8 Å². The molecule has 23 heavy (non-hydrogen) atoms. The number of β-amino-alcohol motifs (C(OH)–C–C–N with tert-alkyl or cyclic N) is 1. The van der Waals surface area contributed by atoms with Gasteiger partial charge in [0.25, 0.3) is 0 Å². The van der Waals surface area contributed by atoms with Crippen LogP contribution in [0.2, 0.25) is 0 Å². The normalized spacial score (nSPS) is 17.8. The fraction of sp³-hybridized carbons (Fsp3) is 0.368. The molecule has 120 valence electrons. The predicted octanol–water partition coefficient (Wildman–Crippen LogP) is 3.90. The number of rotatable bonds is 4. The second-order valence-corrected chi connectivity index (χ2v) is 7.41. The van der Waals surface area contributed by atoms with Gasteiger partial charge < -0.3 is 9.67 Å². The zero-order valence-electron chi connectivity index (χ0n) is 13.2. The number of hydrogen-bond donors (Lipinski definition) is 1. The first-order chi connectivity index (χ1) is 11.3. The van der Waals surface area contributed by atoms with Crippen molar-refractivity contribution < 1.29 is 5.11 Å². The summed E-state index contributed by atoms with van der Waals surface area (Å²) in [5, 5.41) is 13.1. The molecule has 0 saturated carbocycles. The van der Waals surface area contributed by atoms with Crippen LogP contribution in [0.3, 0.4) is 0 Å². The molecule has 0 unspecified atom stereocenters. The molecular formula is C19H22N2OS. The van der Waals surface area contributed by atoms with Crippen LogP contribution >= 0.6 is 11.9 Å². The molecule has 1 aliphatic heterocycles. The van der Waals surface area contributed by atoms with Gasteiger partial charge in [0.15, 0.2) is 0 Å². The fourth-order valence-corrected chi connectivity index (χ4v) is 4.62. The summed E-state index contributed by atoms with van der Waals surface area (Å²) in [4.78, 5) is 0. The number of aromatic nitrogens is 1. The van der Waals surface area contributed by atoms with Gasteiger partial charge in [-0.15, -0.1) is 0 Å². The highest BCUT2D eigenvalue weighted by molar-refractivity contribution is 7.97. The Balaban J connectivity index is 1.64. The van der Waals surface area contributed by atoms with E-state index >= 15 is 0 Å². The second kappa shape index (κ2) is 6.56. The van der Waals surface area contributed by atoms with Crippen molar-refractivity contribution in [3.05, 3.63) is 48.5 Å². The third-order valence-corrected chi connectivity index (χ3v) is 5.73. The first kappa shape index (κ1) is 15.1. The van der Waals surface area contributed by atoms with Crippen molar-refractivity contribution in [1.82, 2.24) is 8.87 Å². The lowest BCUT2D eigenvalue weighted by Crippen LogP contribution is -2.33. The summed E-state index contributed by atoms with van der Waals surface area (Å²) in [6.45, 7) is 2.48. The van der Waals surface area contributed by atoms with Crippen LogP contribution in [0, 0.1) is 0 Å². The van der Waals surface area contributed by atoms with Crippen LogP contribution in [-0.2, 0) is 6.54 Å². The number of nitrogens with zero attached hydrogens (tertiary/aromatic N) is 2. The average molecular weight is 326 g/mol. The van der Waals surface area contributed by atoms with E-state index in [1.807, 2.05) is 11.9 Å². The van der Waals surface area contributed by atoms with Gasteiger partial charge in [-0.2, -0.15) is 0 Å². The Morgan fingerprint density at radius 1 is 0.913 bits per heavy atom. The molecular weight excluding hydrogens is 304 g/mol. The van der Waals surface area contributed by atoms with Crippen LogP contribution < -0.4 is 0 Å². The van der Waals surface area contributed by atoms with Crippen molar-refractivity contribution in [2.24, 2.45) is 0 Å². The summed E-state index contributed by atoms with van der Waals surface area (Å²) in [5.41, 5.74) is 2.41. The highest BCUT2D eigenvalue weighted by Gasteiger charge is 2.18. The molecule has 4 rings (SSSR count). The number of para-hydroxylation sites is 2. The number of aliphatic hydroxyl groups excluding tert-OH is 1. The van der Waals surface area contributed by atoms with Gasteiger partial charge in [0.05, 0.1) is 12.6 Å². The average Bonchev–Trinajstić information content (AvgIpc) is 2.90. The molecule has 4 heteroatoms. The molecule has 1 N–H and O–H groups in total. The van der Waals surface area contributed by atoms with E-state index < -0.39 is 0 Å². The van der Waals surface area contributed by atoms with Crippen molar-refractivity contribution in [3.63, 3.8) is 0 Å². The van der Waals surface area contributed by atoms with E-state index in [1.165, 1.54) is 40.4 Å². The Labute approximate surface area is 141 Å². The number of fused-ring (bicyclic) bond motifs is 3. The smallest absolute Gasteiger partial charge is 0.0855 e. The summed E-state index contributed by atoms with van der Waals surface area (Å²) in [6, 6.07) is 17.0. The third-order valence-electron chi connectivity index (χ3n) is 4.56. The molecule has 1 aliphatic rings. The number of aliphatic hydroxyl groups is 1. The lowest BCUT2D eigenvalue weighted by molar-refractivity contribution is 0.132. The quantitative estimate of drug-likeness (QED) is 0.737. The lowest BCUT2D eigenvalue weighted by Gasteiger charge is -2.27. The van der Waals surface area contributed by atoms with Gasteiger partial charge in [0.2, 0.25) is 0 Å². The summed E-state index contributed by atoms with van der Waals surface area (Å²) in [7, 11) is 0. The minimum absolute atomic E-state index is 0.347. The Morgan fingerprint density at radius 2 is 1.57 bits per heavy atom. The third kappa shape index (κ3) is 2.99. The maximum Gasteiger partial charge on any atom is 0.0855 e. The predicted molar refractivity (Wildman–Crippen MR) is 98.7 cm³/mol. The highest BCUT2D eigenvalue weighted by Crippen LogP contribution is 2.29. The molecule has 0 radical (unpaired) electrons. The molecule has 1 saturated heterocycles.